The van der Waals surface area contributed by atoms with Gasteiger partial charge in [-0.2, -0.15) is 0 Å². The minimum atomic E-state index is -0.360. The minimum absolute atomic E-state index is 0.340. The molecule has 11 heavy (non-hydrogen) atoms. The second-order valence-corrected chi connectivity index (χ2v) is 2.89. The zero-order chi connectivity index (χ0) is 8.43. The van der Waals surface area contributed by atoms with Crippen molar-refractivity contribution in [1.82, 2.24) is 0 Å². The molecule has 0 saturated carbocycles. The van der Waals surface area contributed by atoms with E-state index in [0.29, 0.717) is 16.5 Å². The maximum atomic E-state index is 12.8. The Morgan fingerprint density at radius 3 is 2.45 bits per heavy atom. The molecule has 1 aromatic carbocycles. The first-order valence-corrected chi connectivity index (χ1v) is 4.27. The Kier molecular flexibility index (Phi) is 2.60. The van der Waals surface area contributed by atoms with Crippen molar-refractivity contribution in [2.75, 3.05) is 0 Å². The van der Waals surface area contributed by atoms with Crippen molar-refractivity contribution < 1.29 is 8.78 Å². The molecule has 0 radical (unpaired) electrons. The average molecular weight is 221 g/mol. The number of hydrogen-bond acceptors (Lipinski definition) is 0. The van der Waals surface area contributed by atoms with Crippen molar-refractivity contribution in [3.63, 3.8) is 0 Å². The van der Waals surface area contributed by atoms with Gasteiger partial charge in [0.15, 0.2) is 0 Å². The second kappa shape index (κ2) is 3.30. The molecule has 60 valence electrons. The molecule has 0 unspecified atom stereocenters. The molecule has 0 spiro atoms. The lowest BCUT2D eigenvalue weighted by Gasteiger charge is -2.00. The molecule has 0 amide bonds. The molecule has 0 aliphatic rings. The minimum Gasteiger partial charge on any atom is -0.207 e. The van der Waals surface area contributed by atoms with E-state index >= 15 is 0 Å². The quantitative estimate of drug-likeness (QED) is 0.639. The van der Waals surface area contributed by atoms with Gasteiger partial charge < -0.3 is 0 Å². The molecule has 1 rings (SSSR count). The van der Waals surface area contributed by atoms with Crippen LogP contribution in [0.15, 0.2) is 12.1 Å². The number of halogens is 3. The first-order valence-electron chi connectivity index (χ1n) is 3.15. The van der Waals surface area contributed by atoms with Crippen LogP contribution in [0.2, 0.25) is 0 Å². The van der Waals surface area contributed by atoms with E-state index in [4.69, 9.17) is 0 Å². The SMILES string of the molecule is Cc1cc(F)c(CBr)cc1F. The van der Waals surface area contributed by atoms with Gasteiger partial charge in [-0.1, -0.05) is 15.9 Å². The highest BCUT2D eigenvalue weighted by molar-refractivity contribution is 9.08. The van der Waals surface area contributed by atoms with Gasteiger partial charge in [0.1, 0.15) is 11.6 Å². The van der Waals surface area contributed by atoms with Gasteiger partial charge in [0, 0.05) is 10.9 Å². The summed E-state index contributed by atoms with van der Waals surface area (Å²) in [5, 5.41) is 0.343. The lowest BCUT2D eigenvalue weighted by molar-refractivity contribution is 0.584. The molecule has 0 aliphatic heterocycles. The molecule has 0 N–H and O–H groups in total. The van der Waals surface area contributed by atoms with E-state index < -0.39 is 0 Å². The standard InChI is InChI=1S/C8H7BrF2/c1-5-2-8(11)6(4-9)3-7(5)10/h2-3H,4H2,1H3. The smallest absolute Gasteiger partial charge is 0.127 e. The fraction of sp³-hybridized carbons (Fsp3) is 0.250. The molecule has 0 bridgehead atoms. The van der Waals surface area contributed by atoms with Crippen molar-refractivity contribution in [1.29, 1.82) is 0 Å². The number of alkyl halides is 1. The molecule has 0 nitrogen and oxygen atoms in total. The summed E-state index contributed by atoms with van der Waals surface area (Å²) in [5.74, 6) is -0.721. The van der Waals surface area contributed by atoms with E-state index in [1.165, 1.54) is 19.1 Å². The summed E-state index contributed by atoms with van der Waals surface area (Å²) in [6.07, 6.45) is 0. The molecule has 0 aliphatic carbocycles. The maximum Gasteiger partial charge on any atom is 0.127 e. The predicted octanol–water partition coefficient (Wildman–Crippen LogP) is 3.17. The average Bonchev–Trinajstić information content (AvgIpc) is 1.97. The summed E-state index contributed by atoms with van der Waals surface area (Å²) < 4.78 is 25.6. The fourth-order valence-corrected chi connectivity index (χ4v) is 1.22. The Morgan fingerprint density at radius 2 is 1.91 bits per heavy atom. The van der Waals surface area contributed by atoms with Crippen molar-refractivity contribution in [2.45, 2.75) is 12.3 Å². The van der Waals surface area contributed by atoms with Crippen LogP contribution in [0.4, 0.5) is 8.78 Å². The summed E-state index contributed by atoms with van der Waals surface area (Å²) in [6, 6.07) is 2.41. The Balaban J connectivity index is 3.21. The van der Waals surface area contributed by atoms with Crippen LogP contribution in [0.1, 0.15) is 11.1 Å². The van der Waals surface area contributed by atoms with E-state index in [1.54, 1.807) is 0 Å². The normalized spacial score (nSPS) is 10.2. The topological polar surface area (TPSA) is 0 Å². The summed E-state index contributed by atoms with van der Waals surface area (Å²) in [4.78, 5) is 0. The third-order valence-electron chi connectivity index (χ3n) is 1.47. The molecule has 0 saturated heterocycles. The van der Waals surface area contributed by atoms with Crippen molar-refractivity contribution >= 4 is 15.9 Å². The maximum absolute atomic E-state index is 12.8. The monoisotopic (exact) mass is 220 g/mol. The van der Waals surface area contributed by atoms with Crippen molar-refractivity contribution in [3.05, 3.63) is 34.9 Å². The Morgan fingerprint density at radius 1 is 1.27 bits per heavy atom. The van der Waals surface area contributed by atoms with Crippen LogP contribution in [-0.4, -0.2) is 0 Å². The van der Waals surface area contributed by atoms with Gasteiger partial charge in [0.2, 0.25) is 0 Å². The Labute approximate surface area is 72.4 Å². The van der Waals surface area contributed by atoms with Gasteiger partial charge in [0.05, 0.1) is 0 Å². The highest BCUT2D eigenvalue weighted by atomic mass is 79.9. The molecule has 3 heteroatoms. The van der Waals surface area contributed by atoms with Crippen LogP contribution in [0.5, 0.6) is 0 Å². The molecule has 0 heterocycles. The molecule has 0 fully saturated rings. The van der Waals surface area contributed by atoms with E-state index in [0.717, 1.165) is 0 Å². The van der Waals surface area contributed by atoms with Gasteiger partial charge in [-0.25, -0.2) is 8.78 Å². The lowest BCUT2D eigenvalue weighted by Crippen LogP contribution is -1.91. The second-order valence-electron chi connectivity index (χ2n) is 2.33. The molecule has 0 atom stereocenters. The third kappa shape index (κ3) is 1.77. The fourth-order valence-electron chi connectivity index (χ4n) is 0.790. The third-order valence-corrected chi connectivity index (χ3v) is 2.08. The van der Waals surface area contributed by atoms with Gasteiger partial charge in [-0.05, 0) is 24.6 Å². The Hall–Kier alpha value is -0.440. The van der Waals surface area contributed by atoms with Crippen molar-refractivity contribution in [2.24, 2.45) is 0 Å². The predicted molar refractivity (Wildman–Crippen MR) is 43.7 cm³/mol. The summed E-state index contributed by atoms with van der Waals surface area (Å²) in [5.41, 5.74) is 0.695. The Bertz CT molecular complexity index is 271. The highest BCUT2D eigenvalue weighted by Crippen LogP contribution is 2.16. The number of rotatable bonds is 1. The summed E-state index contributed by atoms with van der Waals surface area (Å²) in [6.45, 7) is 1.54. The number of aryl methyl sites for hydroxylation is 1. The van der Waals surface area contributed by atoms with Crippen LogP contribution in [-0.2, 0) is 5.33 Å². The zero-order valence-corrected chi connectivity index (χ0v) is 7.58. The van der Waals surface area contributed by atoms with Gasteiger partial charge in [-0.15, -0.1) is 0 Å². The first-order chi connectivity index (χ1) is 5.15. The van der Waals surface area contributed by atoms with E-state index in [-0.39, 0.29) is 11.6 Å². The van der Waals surface area contributed by atoms with Crippen LogP contribution < -0.4 is 0 Å². The largest absolute Gasteiger partial charge is 0.207 e. The molecular formula is C8H7BrF2. The van der Waals surface area contributed by atoms with Crippen molar-refractivity contribution in [3.8, 4) is 0 Å². The molecule has 1 aromatic rings. The zero-order valence-electron chi connectivity index (χ0n) is 6.00. The number of benzene rings is 1. The lowest BCUT2D eigenvalue weighted by atomic mass is 10.1. The summed E-state index contributed by atoms with van der Waals surface area (Å²) >= 11 is 3.06. The van der Waals surface area contributed by atoms with Gasteiger partial charge in [0.25, 0.3) is 0 Å². The molecule has 0 aromatic heterocycles. The van der Waals surface area contributed by atoms with Crippen LogP contribution in [0.25, 0.3) is 0 Å². The van der Waals surface area contributed by atoms with Gasteiger partial charge in [-0.3, -0.25) is 0 Å². The van der Waals surface area contributed by atoms with Crippen LogP contribution in [0, 0.1) is 18.6 Å². The van der Waals surface area contributed by atoms with Crippen LogP contribution in [0.3, 0.4) is 0 Å². The molecular weight excluding hydrogens is 214 g/mol. The highest BCUT2D eigenvalue weighted by Gasteiger charge is 2.04. The summed E-state index contributed by atoms with van der Waals surface area (Å²) in [7, 11) is 0. The van der Waals surface area contributed by atoms with E-state index in [2.05, 4.69) is 15.9 Å². The van der Waals surface area contributed by atoms with Crippen LogP contribution >= 0.6 is 15.9 Å². The van der Waals surface area contributed by atoms with E-state index in [9.17, 15) is 8.78 Å². The number of hydrogen-bond donors (Lipinski definition) is 0. The van der Waals surface area contributed by atoms with Gasteiger partial charge >= 0.3 is 0 Å². The first kappa shape index (κ1) is 8.65. The van der Waals surface area contributed by atoms with E-state index in [1.807, 2.05) is 0 Å².